The van der Waals surface area contributed by atoms with E-state index in [4.69, 9.17) is 7.98 Å². The van der Waals surface area contributed by atoms with E-state index in [1.165, 1.54) is 19.3 Å². The fraction of sp³-hybridized carbons (Fsp3) is 0.778. The number of nitrogens with zero attached hydrogens (tertiary/aromatic N) is 1. The highest BCUT2D eigenvalue weighted by molar-refractivity contribution is 6.04. The third-order valence-electron chi connectivity index (χ3n) is 3.12. The van der Waals surface area contributed by atoms with Gasteiger partial charge in [-0.25, -0.2) is 0 Å². The molecule has 0 amide bonds. The van der Waals surface area contributed by atoms with Gasteiger partial charge >= 0.3 is 0 Å². The molecule has 1 saturated heterocycles. The Balaban J connectivity index is 2.01. The number of piperidine rings is 1. The van der Waals surface area contributed by atoms with Crippen LogP contribution in [0.4, 0.5) is 0 Å². The monoisotopic (exact) mass is 162 g/mol. The predicted molar refractivity (Wildman–Crippen MR) is 50.8 cm³/mol. The first-order valence-corrected chi connectivity index (χ1v) is 4.72. The first kappa shape index (κ1) is 8.18. The van der Waals surface area contributed by atoms with Gasteiger partial charge in [0.25, 0.3) is 0 Å². The van der Waals surface area contributed by atoms with Crippen molar-refractivity contribution in [1.29, 1.82) is 0 Å². The van der Waals surface area contributed by atoms with E-state index in [-0.39, 0.29) is 0 Å². The van der Waals surface area contributed by atoms with Crippen molar-refractivity contribution in [2.24, 2.45) is 5.41 Å². The SMILES string of the molecule is [B]N1CCC2(C=CNCC2)CC1. The minimum absolute atomic E-state index is 0.473. The van der Waals surface area contributed by atoms with Gasteiger partial charge in [-0.2, -0.15) is 0 Å². The van der Waals surface area contributed by atoms with Crippen molar-refractivity contribution in [2.75, 3.05) is 19.6 Å². The zero-order valence-corrected chi connectivity index (χ0v) is 7.42. The van der Waals surface area contributed by atoms with Crippen LogP contribution in [-0.2, 0) is 0 Å². The van der Waals surface area contributed by atoms with Crippen molar-refractivity contribution in [3.63, 3.8) is 0 Å². The van der Waals surface area contributed by atoms with E-state index in [0.29, 0.717) is 5.41 Å². The van der Waals surface area contributed by atoms with E-state index in [9.17, 15) is 0 Å². The van der Waals surface area contributed by atoms with Crippen LogP contribution in [0.1, 0.15) is 19.3 Å². The molecule has 1 fully saturated rings. The minimum atomic E-state index is 0.473. The van der Waals surface area contributed by atoms with Crippen molar-refractivity contribution >= 4 is 7.98 Å². The second-order valence-electron chi connectivity index (χ2n) is 3.94. The molecule has 0 unspecified atom stereocenters. The fourth-order valence-corrected chi connectivity index (χ4v) is 2.11. The lowest BCUT2D eigenvalue weighted by Gasteiger charge is -2.40. The van der Waals surface area contributed by atoms with Gasteiger partial charge in [0.05, 0.1) is 0 Å². The molecule has 12 heavy (non-hydrogen) atoms. The molecule has 2 radical (unpaired) electrons. The Morgan fingerprint density at radius 2 is 2.00 bits per heavy atom. The Bertz CT molecular complexity index is 183. The molecule has 3 heteroatoms. The quantitative estimate of drug-likeness (QED) is 0.526. The third kappa shape index (κ3) is 1.51. The molecule has 0 aromatic carbocycles. The van der Waals surface area contributed by atoms with Gasteiger partial charge in [-0.3, -0.25) is 0 Å². The summed E-state index contributed by atoms with van der Waals surface area (Å²) in [6.07, 6.45) is 8.17. The molecule has 0 aliphatic carbocycles. The maximum Gasteiger partial charge on any atom is 0.182 e. The van der Waals surface area contributed by atoms with Crippen LogP contribution in [0.2, 0.25) is 0 Å². The van der Waals surface area contributed by atoms with Gasteiger partial charge in [0.1, 0.15) is 0 Å². The van der Waals surface area contributed by atoms with E-state index in [2.05, 4.69) is 17.6 Å². The normalized spacial score (nSPS) is 28.7. The highest BCUT2D eigenvalue weighted by Crippen LogP contribution is 2.36. The van der Waals surface area contributed by atoms with Gasteiger partial charge in [-0.1, -0.05) is 6.08 Å². The zero-order chi connectivity index (χ0) is 8.44. The number of allylic oxidation sites excluding steroid dienone is 1. The third-order valence-corrected chi connectivity index (χ3v) is 3.12. The Morgan fingerprint density at radius 3 is 2.58 bits per heavy atom. The highest BCUT2D eigenvalue weighted by Gasteiger charge is 2.31. The van der Waals surface area contributed by atoms with Gasteiger partial charge in [0, 0.05) is 6.54 Å². The molecule has 2 nitrogen and oxygen atoms in total. The zero-order valence-electron chi connectivity index (χ0n) is 7.42. The van der Waals surface area contributed by atoms with Crippen molar-refractivity contribution in [3.8, 4) is 0 Å². The van der Waals surface area contributed by atoms with Gasteiger partial charge < -0.3 is 10.1 Å². The molecule has 2 aliphatic heterocycles. The van der Waals surface area contributed by atoms with E-state index >= 15 is 0 Å². The van der Waals surface area contributed by atoms with Crippen molar-refractivity contribution in [2.45, 2.75) is 19.3 Å². The summed E-state index contributed by atoms with van der Waals surface area (Å²) in [5.74, 6) is 0. The van der Waals surface area contributed by atoms with Gasteiger partial charge in [0.2, 0.25) is 0 Å². The fourth-order valence-electron chi connectivity index (χ4n) is 2.11. The molecular weight excluding hydrogens is 147 g/mol. The molecule has 1 N–H and O–H groups in total. The molecule has 64 valence electrons. The molecule has 0 atom stereocenters. The van der Waals surface area contributed by atoms with E-state index in [1.54, 1.807) is 0 Å². The van der Waals surface area contributed by atoms with E-state index < -0.39 is 0 Å². The summed E-state index contributed by atoms with van der Waals surface area (Å²) in [4.78, 5) is 1.93. The maximum absolute atomic E-state index is 5.72. The Labute approximate surface area is 75.4 Å². The Kier molecular flexibility index (Phi) is 2.13. The number of nitrogens with one attached hydrogen (secondary N) is 1. The van der Waals surface area contributed by atoms with E-state index in [1.807, 2.05) is 4.81 Å². The Hall–Kier alpha value is -0.435. The van der Waals surface area contributed by atoms with Crippen molar-refractivity contribution in [3.05, 3.63) is 12.3 Å². The molecule has 0 saturated carbocycles. The summed E-state index contributed by atoms with van der Waals surface area (Å²) < 4.78 is 0. The van der Waals surface area contributed by atoms with Crippen LogP contribution in [0.15, 0.2) is 12.3 Å². The van der Waals surface area contributed by atoms with Crippen molar-refractivity contribution in [1.82, 2.24) is 10.1 Å². The highest BCUT2D eigenvalue weighted by atomic mass is 15.0. The van der Waals surface area contributed by atoms with Gasteiger partial charge in [-0.05, 0) is 44.0 Å². The van der Waals surface area contributed by atoms with Gasteiger partial charge in [-0.15, -0.1) is 0 Å². The summed E-state index contributed by atoms with van der Waals surface area (Å²) >= 11 is 0. The lowest BCUT2D eigenvalue weighted by molar-refractivity contribution is 0.190. The van der Waals surface area contributed by atoms with Crippen LogP contribution in [0.25, 0.3) is 0 Å². The molecule has 0 aromatic heterocycles. The van der Waals surface area contributed by atoms with Gasteiger partial charge in [0.15, 0.2) is 7.98 Å². The van der Waals surface area contributed by atoms with Crippen LogP contribution in [0.3, 0.4) is 0 Å². The van der Waals surface area contributed by atoms with Crippen LogP contribution in [0, 0.1) is 5.41 Å². The van der Waals surface area contributed by atoms with Crippen LogP contribution >= 0.6 is 0 Å². The lowest BCUT2D eigenvalue weighted by Crippen LogP contribution is -2.40. The minimum Gasteiger partial charge on any atom is -0.391 e. The summed E-state index contributed by atoms with van der Waals surface area (Å²) in [5, 5.41) is 3.24. The molecule has 0 aromatic rings. The number of rotatable bonds is 0. The number of hydrogen-bond acceptors (Lipinski definition) is 2. The van der Waals surface area contributed by atoms with Crippen LogP contribution < -0.4 is 5.32 Å². The second kappa shape index (κ2) is 3.13. The molecule has 2 aliphatic rings. The summed E-state index contributed by atoms with van der Waals surface area (Å²) in [6, 6.07) is 0. The molecule has 2 rings (SSSR count). The second-order valence-corrected chi connectivity index (χ2v) is 3.94. The largest absolute Gasteiger partial charge is 0.391 e. The number of hydrogen-bond donors (Lipinski definition) is 1. The molecule has 2 heterocycles. The molecule has 0 bridgehead atoms. The summed E-state index contributed by atoms with van der Waals surface area (Å²) in [7, 11) is 5.72. The maximum atomic E-state index is 5.72. The van der Waals surface area contributed by atoms with E-state index in [0.717, 1.165) is 19.6 Å². The molecular formula is C9H15BN2. The average Bonchev–Trinajstić information content (AvgIpc) is 2.13. The first-order valence-electron chi connectivity index (χ1n) is 4.72. The topological polar surface area (TPSA) is 15.3 Å². The molecule has 1 spiro atoms. The average molecular weight is 162 g/mol. The lowest BCUT2D eigenvalue weighted by atomic mass is 9.74. The van der Waals surface area contributed by atoms with Crippen LogP contribution in [-0.4, -0.2) is 32.4 Å². The first-order chi connectivity index (χ1) is 5.81. The smallest absolute Gasteiger partial charge is 0.182 e. The standard InChI is InChI=1S/C9H15BN2/c10-12-7-3-9(4-8-12)1-5-11-6-2-9/h1,5,11H,2-4,6-8H2. The summed E-state index contributed by atoms with van der Waals surface area (Å²) in [6.45, 7) is 3.22. The predicted octanol–water partition coefficient (Wildman–Crippen LogP) is 0.659. The van der Waals surface area contributed by atoms with Crippen molar-refractivity contribution < 1.29 is 0 Å². The Morgan fingerprint density at radius 1 is 1.25 bits per heavy atom. The van der Waals surface area contributed by atoms with Crippen LogP contribution in [0.5, 0.6) is 0 Å². The summed E-state index contributed by atoms with van der Waals surface area (Å²) in [5.41, 5.74) is 0.473.